The second-order valence-electron chi connectivity index (χ2n) is 11.3. The van der Waals surface area contributed by atoms with E-state index in [4.69, 9.17) is 15.0 Å². The Hall–Kier alpha value is -6.53. The number of nitrogens with zero attached hydrogens (tertiary/aromatic N) is 4. The van der Waals surface area contributed by atoms with E-state index < -0.39 is 34.6 Å². The van der Waals surface area contributed by atoms with E-state index in [9.17, 15) is 27.2 Å². The molecule has 0 amide bonds. The van der Waals surface area contributed by atoms with E-state index in [1.807, 2.05) is 84.9 Å². The molecule has 0 atom stereocenters. The summed E-state index contributed by atoms with van der Waals surface area (Å²) in [5.74, 6) is -10.2. The fourth-order valence-corrected chi connectivity index (χ4v) is 6.21. The summed E-state index contributed by atoms with van der Waals surface area (Å²) in [7, 11) is 0. The molecule has 0 fully saturated rings. The van der Waals surface area contributed by atoms with Gasteiger partial charge in [0.05, 0.1) is 50.8 Å². The van der Waals surface area contributed by atoms with Gasteiger partial charge in [-0.1, -0.05) is 103 Å². The van der Waals surface area contributed by atoms with Gasteiger partial charge < -0.3 is 0 Å². The molecule has 6 aromatic carbocycles. The fraction of sp³-hybridized carbons (Fsp3) is 0. The highest BCUT2D eigenvalue weighted by Crippen LogP contribution is 2.41. The van der Waals surface area contributed by atoms with Gasteiger partial charge in [-0.2, -0.15) is 5.26 Å². The van der Waals surface area contributed by atoms with Crippen LogP contribution in [0.25, 0.3) is 77.6 Å². The van der Waals surface area contributed by atoms with E-state index in [0.717, 1.165) is 16.5 Å². The van der Waals surface area contributed by atoms with Crippen LogP contribution in [0.3, 0.4) is 0 Å². The first-order valence-corrected chi connectivity index (χ1v) is 15.1. The normalized spacial score (nSPS) is 11.3. The molecule has 4 nitrogen and oxygen atoms in total. The predicted octanol–water partition coefficient (Wildman–Crippen LogP) is 10.6. The lowest BCUT2D eigenvalue weighted by Gasteiger charge is -2.16. The van der Waals surface area contributed by atoms with Crippen LogP contribution in [0.5, 0.6) is 0 Å². The van der Waals surface area contributed by atoms with Gasteiger partial charge in [0.2, 0.25) is 5.82 Å². The zero-order valence-corrected chi connectivity index (χ0v) is 25.1. The zero-order valence-electron chi connectivity index (χ0n) is 25.1. The molecule has 0 aliphatic carbocycles. The van der Waals surface area contributed by atoms with Crippen LogP contribution in [0.15, 0.2) is 115 Å². The van der Waals surface area contributed by atoms with Gasteiger partial charge in [-0.3, -0.25) is 0 Å². The molecule has 2 heterocycles. The summed E-state index contributed by atoms with van der Waals surface area (Å²) < 4.78 is 71.0. The van der Waals surface area contributed by atoms with E-state index in [1.54, 1.807) is 6.07 Å². The van der Waals surface area contributed by atoms with Gasteiger partial charge in [0, 0.05) is 32.8 Å². The Morgan fingerprint density at radius 2 is 0.939 bits per heavy atom. The summed E-state index contributed by atoms with van der Waals surface area (Å²) in [4.78, 5) is 15.2. The molecule has 49 heavy (non-hydrogen) atoms. The molecule has 0 radical (unpaired) electrons. The first kappa shape index (κ1) is 29.8. The van der Waals surface area contributed by atoms with Crippen LogP contribution in [0.4, 0.5) is 22.0 Å². The lowest BCUT2D eigenvalue weighted by molar-refractivity contribution is 0.381. The number of hydrogen-bond acceptors (Lipinski definition) is 4. The lowest BCUT2D eigenvalue weighted by Crippen LogP contribution is -2.04. The molecule has 0 aliphatic rings. The number of para-hydroxylation sites is 1. The van der Waals surface area contributed by atoms with Gasteiger partial charge in [0.25, 0.3) is 0 Å². The lowest BCUT2D eigenvalue weighted by atomic mass is 9.93. The number of benzene rings is 6. The molecule has 0 unspecified atom stereocenters. The van der Waals surface area contributed by atoms with E-state index >= 15 is 0 Å². The Balaban J connectivity index is 1.43. The smallest absolute Gasteiger partial charge is 0.200 e. The van der Waals surface area contributed by atoms with Crippen LogP contribution in [0.2, 0.25) is 0 Å². The molecule has 2 aromatic heterocycles. The Morgan fingerprint density at radius 3 is 1.55 bits per heavy atom. The highest BCUT2D eigenvalue weighted by molar-refractivity contribution is 6.22. The molecule has 9 heteroatoms. The number of hydrogen-bond donors (Lipinski definition) is 0. The van der Waals surface area contributed by atoms with Gasteiger partial charge in [-0.25, -0.2) is 36.9 Å². The first-order valence-electron chi connectivity index (χ1n) is 15.1. The summed E-state index contributed by atoms with van der Waals surface area (Å²) in [5.41, 5.74) is 4.39. The Labute approximate surface area is 275 Å². The summed E-state index contributed by atoms with van der Waals surface area (Å²) >= 11 is 0. The minimum atomic E-state index is -2.23. The van der Waals surface area contributed by atoms with Crippen LogP contribution < -0.4 is 0 Å². The molecule has 0 aliphatic heterocycles. The van der Waals surface area contributed by atoms with Crippen LogP contribution in [-0.2, 0) is 0 Å². The van der Waals surface area contributed by atoms with Crippen molar-refractivity contribution in [3.63, 3.8) is 0 Å². The van der Waals surface area contributed by atoms with Crippen molar-refractivity contribution in [2.45, 2.75) is 0 Å². The fourth-order valence-electron chi connectivity index (χ4n) is 6.21. The molecule has 234 valence electrons. The van der Waals surface area contributed by atoms with E-state index in [-0.39, 0.29) is 11.1 Å². The molecular formula is C40H19F5N4. The van der Waals surface area contributed by atoms with Crippen LogP contribution in [0.1, 0.15) is 5.56 Å². The molecule has 8 aromatic rings. The largest absolute Gasteiger partial charge is 0.247 e. The van der Waals surface area contributed by atoms with E-state index in [2.05, 4.69) is 6.07 Å². The summed E-state index contributed by atoms with van der Waals surface area (Å²) in [6.45, 7) is 0. The molecule has 0 bridgehead atoms. The first-order chi connectivity index (χ1) is 23.9. The third kappa shape index (κ3) is 4.76. The van der Waals surface area contributed by atoms with Gasteiger partial charge >= 0.3 is 0 Å². The molecule has 0 N–H and O–H groups in total. The standard InChI is InChI=1S/C40H19F5N4/c41-32-30(33(42)35(44)36(45)34(32)43)21-15-17-24(18-16-21)37-29-25(20-46)19-28-40(31(29)26-13-7-8-14-27(26)47-37)49-39(23-11-5-2-6-12-23)38(48-28)22-9-3-1-4-10-22/h1-19H. The number of aromatic nitrogens is 3. The topological polar surface area (TPSA) is 62.5 Å². The number of halogens is 5. The second kappa shape index (κ2) is 11.6. The quantitative estimate of drug-likeness (QED) is 0.0823. The van der Waals surface area contributed by atoms with Crippen molar-refractivity contribution in [2.75, 3.05) is 0 Å². The summed E-state index contributed by atoms with van der Waals surface area (Å²) in [6, 6.07) is 36.1. The van der Waals surface area contributed by atoms with Gasteiger partial charge in [0.15, 0.2) is 23.3 Å². The van der Waals surface area contributed by atoms with Crippen molar-refractivity contribution in [3.05, 3.63) is 150 Å². The number of nitriles is 1. The molecule has 0 saturated carbocycles. The highest BCUT2D eigenvalue weighted by Gasteiger charge is 2.27. The SMILES string of the molecule is N#Cc1cc2nc(-c3ccccc3)c(-c3ccccc3)nc2c2c1c(-c1ccc(-c3c(F)c(F)c(F)c(F)c3F)cc1)nc1ccccc12. The van der Waals surface area contributed by atoms with Crippen LogP contribution in [0, 0.1) is 40.4 Å². The van der Waals surface area contributed by atoms with Crippen LogP contribution in [-0.4, -0.2) is 15.0 Å². The van der Waals surface area contributed by atoms with Crippen molar-refractivity contribution in [1.82, 2.24) is 15.0 Å². The third-order valence-corrected chi connectivity index (χ3v) is 8.47. The maximum Gasteiger partial charge on any atom is 0.200 e. The third-order valence-electron chi connectivity index (χ3n) is 8.47. The van der Waals surface area contributed by atoms with Gasteiger partial charge in [0.1, 0.15) is 0 Å². The average Bonchev–Trinajstić information content (AvgIpc) is 3.16. The molecule has 0 saturated heterocycles. The maximum atomic E-state index is 14.7. The minimum absolute atomic E-state index is 0.223. The molecule has 8 rings (SSSR count). The van der Waals surface area contributed by atoms with E-state index in [0.29, 0.717) is 50.0 Å². The predicted molar refractivity (Wildman–Crippen MR) is 179 cm³/mol. The van der Waals surface area contributed by atoms with Gasteiger partial charge in [-0.15, -0.1) is 0 Å². The van der Waals surface area contributed by atoms with Crippen molar-refractivity contribution < 1.29 is 22.0 Å². The average molecular weight is 651 g/mol. The maximum absolute atomic E-state index is 14.7. The Bertz CT molecular complexity index is 2630. The van der Waals surface area contributed by atoms with Crippen molar-refractivity contribution >= 4 is 32.7 Å². The number of fused-ring (bicyclic) bond motifs is 5. The minimum Gasteiger partial charge on any atom is -0.247 e. The summed E-state index contributed by atoms with van der Waals surface area (Å²) in [6.07, 6.45) is 0. The number of rotatable bonds is 4. The van der Waals surface area contributed by atoms with Gasteiger partial charge in [-0.05, 0) is 17.7 Å². The zero-order chi connectivity index (χ0) is 33.8. The Kier molecular flexibility index (Phi) is 7.07. The van der Waals surface area contributed by atoms with Crippen molar-refractivity contribution in [2.24, 2.45) is 0 Å². The van der Waals surface area contributed by atoms with Crippen LogP contribution >= 0.6 is 0 Å². The summed E-state index contributed by atoms with van der Waals surface area (Å²) in [5, 5.41) is 12.3. The van der Waals surface area contributed by atoms with Crippen molar-refractivity contribution in [3.8, 4) is 51.0 Å². The second-order valence-corrected chi connectivity index (χ2v) is 11.3. The van der Waals surface area contributed by atoms with E-state index in [1.165, 1.54) is 24.3 Å². The molecular weight excluding hydrogens is 631 g/mol. The Morgan fingerprint density at radius 1 is 0.449 bits per heavy atom. The highest BCUT2D eigenvalue weighted by atomic mass is 19.2. The van der Waals surface area contributed by atoms with Crippen molar-refractivity contribution in [1.29, 1.82) is 5.26 Å². The molecule has 0 spiro atoms. The number of pyridine rings is 1. The monoisotopic (exact) mass is 650 g/mol.